The molecule has 0 atom stereocenters. The van der Waals surface area contributed by atoms with Crippen LogP contribution < -0.4 is 5.69 Å². The van der Waals surface area contributed by atoms with Crippen LogP contribution in [0.25, 0.3) is 5.69 Å². The van der Waals surface area contributed by atoms with Gasteiger partial charge in [0.15, 0.2) is 0 Å². The van der Waals surface area contributed by atoms with Gasteiger partial charge < -0.3 is 5.11 Å². The molecule has 8 heteroatoms. The second-order valence-electron chi connectivity index (χ2n) is 5.81. The summed E-state index contributed by atoms with van der Waals surface area (Å²) in [6, 6.07) is 10.7. The maximum Gasteiger partial charge on any atom is 0.335 e. The zero-order valence-corrected chi connectivity index (χ0v) is 17.0. The Bertz CT molecular complexity index is 977. The minimum Gasteiger partial charge on any atom is -0.493 e. The predicted octanol–water partition coefficient (Wildman–Crippen LogP) is 4.81. The lowest BCUT2D eigenvalue weighted by molar-refractivity contribution is 0.434. The quantitative estimate of drug-likeness (QED) is 0.560. The minimum absolute atomic E-state index is 0.121. The zero-order valence-electron chi connectivity index (χ0n) is 13.9. The van der Waals surface area contributed by atoms with Crippen LogP contribution in [0.4, 0.5) is 0 Å². The molecule has 0 aliphatic heterocycles. The molecule has 2 aromatic heterocycles. The monoisotopic (exact) mass is 455 g/mol. The van der Waals surface area contributed by atoms with Gasteiger partial charge in [0.25, 0.3) is 0 Å². The van der Waals surface area contributed by atoms with E-state index in [1.165, 1.54) is 16.7 Å². The lowest BCUT2D eigenvalue weighted by Gasteiger charge is -2.07. The lowest BCUT2D eigenvalue weighted by Crippen LogP contribution is -2.24. The molecule has 0 aliphatic rings. The Kier molecular flexibility index (Phi) is 5.75. The number of halogens is 3. The number of hydrogen-bond acceptors (Lipinski definition) is 3. The van der Waals surface area contributed by atoms with E-state index in [1.54, 1.807) is 4.57 Å². The molecule has 136 valence electrons. The molecule has 0 saturated heterocycles. The summed E-state index contributed by atoms with van der Waals surface area (Å²) < 4.78 is 3.76. The molecule has 0 unspecified atom stereocenters. The summed E-state index contributed by atoms with van der Waals surface area (Å²) in [5.41, 5.74) is 1.57. The third kappa shape index (κ3) is 3.82. The number of rotatable bonds is 5. The van der Waals surface area contributed by atoms with Gasteiger partial charge in [-0.05, 0) is 36.2 Å². The van der Waals surface area contributed by atoms with E-state index in [1.807, 2.05) is 31.2 Å². The maximum atomic E-state index is 12.9. The number of aromatic hydroxyl groups is 1. The lowest BCUT2D eigenvalue weighted by atomic mass is 10.1. The van der Waals surface area contributed by atoms with E-state index in [-0.39, 0.29) is 21.9 Å². The number of nitrogens with zero attached hydrogens (tertiary/aromatic N) is 3. The minimum atomic E-state index is -0.338. The first-order valence-electron chi connectivity index (χ1n) is 8.02. The number of benzene rings is 1. The summed E-state index contributed by atoms with van der Waals surface area (Å²) in [5.74, 6) is -0.121. The van der Waals surface area contributed by atoms with Crippen LogP contribution in [-0.2, 0) is 13.0 Å². The Morgan fingerprint density at radius 3 is 2.35 bits per heavy atom. The number of hydrogen-bond donors (Lipinski definition) is 1. The van der Waals surface area contributed by atoms with E-state index in [2.05, 4.69) is 20.9 Å². The highest BCUT2D eigenvalue weighted by Gasteiger charge is 2.21. The zero-order chi connectivity index (χ0) is 18.8. The van der Waals surface area contributed by atoms with Crippen molar-refractivity contribution in [2.24, 2.45) is 0 Å². The molecule has 0 spiro atoms. The highest BCUT2D eigenvalue weighted by atomic mass is 79.9. The van der Waals surface area contributed by atoms with Crippen molar-refractivity contribution in [3.63, 3.8) is 0 Å². The van der Waals surface area contributed by atoms with Gasteiger partial charge in [0.05, 0.1) is 11.4 Å². The van der Waals surface area contributed by atoms with Gasteiger partial charge >= 0.3 is 5.69 Å². The van der Waals surface area contributed by atoms with Crippen LogP contribution in [0.1, 0.15) is 24.6 Å². The summed E-state index contributed by atoms with van der Waals surface area (Å²) in [4.78, 5) is 16.8. The second kappa shape index (κ2) is 7.86. The highest BCUT2D eigenvalue weighted by Crippen LogP contribution is 2.26. The first-order chi connectivity index (χ1) is 12.4. The predicted molar refractivity (Wildman–Crippen MR) is 107 cm³/mol. The van der Waals surface area contributed by atoms with E-state index in [0.29, 0.717) is 24.3 Å². The van der Waals surface area contributed by atoms with Crippen molar-refractivity contribution in [3.05, 3.63) is 72.9 Å². The van der Waals surface area contributed by atoms with Crippen LogP contribution in [0.5, 0.6) is 5.88 Å². The first kappa shape index (κ1) is 19.0. The largest absolute Gasteiger partial charge is 0.493 e. The van der Waals surface area contributed by atoms with Gasteiger partial charge in [-0.1, -0.05) is 58.2 Å². The van der Waals surface area contributed by atoms with Crippen molar-refractivity contribution in [1.29, 1.82) is 0 Å². The Morgan fingerprint density at radius 2 is 1.77 bits per heavy atom. The van der Waals surface area contributed by atoms with Crippen LogP contribution in [0.3, 0.4) is 0 Å². The first-order valence-corrected chi connectivity index (χ1v) is 9.57. The van der Waals surface area contributed by atoms with E-state index >= 15 is 0 Å². The Labute approximate surface area is 169 Å². The van der Waals surface area contributed by atoms with Gasteiger partial charge in [0, 0.05) is 17.4 Å². The van der Waals surface area contributed by atoms with Crippen molar-refractivity contribution >= 4 is 39.1 Å². The topological polar surface area (TPSA) is 60.1 Å². The Hall–Kier alpha value is -1.76. The standard InChI is InChI=1S/C18H16BrCl2N3O2/c1-2-7-23-14(8-11-3-5-12(19)6-4-11)17(25)24(18(23)26)13-9-15(20)22-16(21)10-13/h3-6,9-10,25H,2,7-8H2,1H3. The maximum absolute atomic E-state index is 12.9. The molecule has 26 heavy (non-hydrogen) atoms. The molecule has 2 heterocycles. The number of pyridine rings is 1. The molecular formula is C18H16BrCl2N3O2. The van der Waals surface area contributed by atoms with Crippen LogP contribution in [-0.4, -0.2) is 19.2 Å². The molecular weight excluding hydrogens is 441 g/mol. The average Bonchev–Trinajstić information content (AvgIpc) is 2.80. The van der Waals surface area contributed by atoms with E-state index < -0.39 is 0 Å². The van der Waals surface area contributed by atoms with Crippen molar-refractivity contribution in [1.82, 2.24) is 14.1 Å². The Balaban J connectivity index is 2.15. The van der Waals surface area contributed by atoms with Gasteiger partial charge in [-0.15, -0.1) is 0 Å². The van der Waals surface area contributed by atoms with E-state index in [0.717, 1.165) is 16.5 Å². The fraction of sp³-hybridized carbons (Fsp3) is 0.222. The SMILES string of the molecule is CCCn1c(Cc2ccc(Br)cc2)c(O)n(-c2cc(Cl)nc(Cl)c2)c1=O. The van der Waals surface area contributed by atoms with Crippen molar-refractivity contribution in [2.75, 3.05) is 0 Å². The molecule has 0 bridgehead atoms. The van der Waals surface area contributed by atoms with E-state index in [9.17, 15) is 9.90 Å². The summed E-state index contributed by atoms with van der Waals surface area (Å²) in [5, 5.41) is 11.1. The molecule has 3 aromatic rings. The summed E-state index contributed by atoms with van der Waals surface area (Å²) in [6.45, 7) is 2.47. The van der Waals surface area contributed by atoms with Crippen molar-refractivity contribution in [3.8, 4) is 11.6 Å². The van der Waals surface area contributed by atoms with Gasteiger partial charge in [0.2, 0.25) is 5.88 Å². The van der Waals surface area contributed by atoms with Gasteiger partial charge in [0.1, 0.15) is 10.3 Å². The molecule has 0 amide bonds. The van der Waals surface area contributed by atoms with Crippen LogP contribution >= 0.6 is 39.1 Å². The van der Waals surface area contributed by atoms with Gasteiger partial charge in [-0.3, -0.25) is 4.57 Å². The van der Waals surface area contributed by atoms with Gasteiger partial charge in [-0.2, -0.15) is 0 Å². The van der Waals surface area contributed by atoms with Crippen LogP contribution in [0, 0.1) is 0 Å². The average molecular weight is 457 g/mol. The van der Waals surface area contributed by atoms with Crippen molar-refractivity contribution in [2.45, 2.75) is 26.3 Å². The fourth-order valence-electron chi connectivity index (χ4n) is 2.81. The van der Waals surface area contributed by atoms with Gasteiger partial charge in [-0.25, -0.2) is 14.3 Å². The second-order valence-corrected chi connectivity index (χ2v) is 7.50. The molecule has 3 rings (SSSR count). The Morgan fingerprint density at radius 1 is 1.15 bits per heavy atom. The fourth-order valence-corrected chi connectivity index (χ4v) is 3.53. The highest BCUT2D eigenvalue weighted by molar-refractivity contribution is 9.10. The molecule has 0 aliphatic carbocycles. The molecule has 1 aromatic carbocycles. The molecule has 1 N–H and O–H groups in total. The summed E-state index contributed by atoms with van der Waals surface area (Å²) in [7, 11) is 0. The summed E-state index contributed by atoms with van der Waals surface area (Å²) in [6.07, 6.45) is 1.18. The number of aromatic nitrogens is 3. The summed E-state index contributed by atoms with van der Waals surface area (Å²) >= 11 is 15.3. The van der Waals surface area contributed by atoms with Crippen LogP contribution in [0.2, 0.25) is 10.3 Å². The molecule has 0 fully saturated rings. The molecule has 5 nitrogen and oxygen atoms in total. The molecule has 0 radical (unpaired) electrons. The molecule has 0 saturated carbocycles. The number of imidazole rings is 1. The normalized spacial score (nSPS) is 11.1. The van der Waals surface area contributed by atoms with Crippen LogP contribution in [0.15, 0.2) is 45.7 Å². The van der Waals surface area contributed by atoms with Crippen molar-refractivity contribution < 1.29 is 5.11 Å². The van der Waals surface area contributed by atoms with E-state index in [4.69, 9.17) is 23.2 Å². The third-order valence-corrected chi connectivity index (χ3v) is 4.87. The third-order valence-electron chi connectivity index (χ3n) is 3.96. The smallest absolute Gasteiger partial charge is 0.335 e.